The monoisotopic (exact) mass is 503 g/mol. The van der Waals surface area contributed by atoms with Crippen LogP contribution in [0.3, 0.4) is 0 Å². The molecule has 0 bridgehead atoms. The molecular formula is C23H30BrN5O3. The van der Waals surface area contributed by atoms with E-state index in [9.17, 15) is 4.79 Å². The van der Waals surface area contributed by atoms with E-state index in [-0.39, 0.29) is 18.1 Å². The second-order valence-electron chi connectivity index (χ2n) is 8.13. The van der Waals surface area contributed by atoms with Gasteiger partial charge in [-0.1, -0.05) is 0 Å². The molecule has 1 unspecified atom stereocenters. The molecule has 0 aliphatic carbocycles. The number of carbonyl (C=O) groups excluding carboxylic acids is 1. The highest BCUT2D eigenvalue weighted by molar-refractivity contribution is 9.10. The first-order chi connectivity index (χ1) is 15.5. The number of carbonyl (C=O) groups is 1. The van der Waals surface area contributed by atoms with E-state index in [4.69, 9.17) is 9.47 Å². The van der Waals surface area contributed by atoms with Gasteiger partial charge in [-0.15, -0.1) is 0 Å². The summed E-state index contributed by atoms with van der Waals surface area (Å²) in [5.41, 5.74) is 2.07. The Hall–Kier alpha value is -2.39. The number of aromatic nitrogens is 2. The number of ether oxygens (including phenoxy) is 2. The Bertz CT molecular complexity index is 912. The lowest BCUT2D eigenvalue weighted by Crippen LogP contribution is -2.36. The molecule has 0 amide bonds. The Morgan fingerprint density at radius 1 is 1.28 bits per heavy atom. The van der Waals surface area contributed by atoms with Gasteiger partial charge in [0.25, 0.3) is 0 Å². The highest BCUT2D eigenvalue weighted by Gasteiger charge is 2.26. The Kier molecular flexibility index (Phi) is 7.47. The summed E-state index contributed by atoms with van der Waals surface area (Å²) >= 11 is 3.55. The zero-order valence-electron chi connectivity index (χ0n) is 18.6. The fraction of sp³-hybridized carbons (Fsp3) is 0.522. The fourth-order valence-corrected chi connectivity index (χ4v) is 4.66. The van der Waals surface area contributed by atoms with Crippen LogP contribution in [-0.2, 0) is 14.3 Å². The van der Waals surface area contributed by atoms with Crippen LogP contribution in [0.2, 0.25) is 0 Å². The molecule has 3 heterocycles. The summed E-state index contributed by atoms with van der Waals surface area (Å²) in [5, 5.41) is 3.29. The van der Waals surface area contributed by atoms with Gasteiger partial charge in [-0.2, -0.15) is 4.98 Å². The average Bonchev–Trinajstić information content (AvgIpc) is 3.36. The van der Waals surface area contributed by atoms with Crippen LogP contribution in [0.4, 0.5) is 23.1 Å². The van der Waals surface area contributed by atoms with Crippen LogP contribution >= 0.6 is 15.9 Å². The minimum atomic E-state index is -0.0642. The molecule has 2 aliphatic heterocycles. The van der Waals surface area contributed by atoms with Crippen molar-refractivity contribution in [3.63, 3.8) is 0 Å². The van der Waals surface area contributed by atoms with E-state index in [1.54, 1.807) is 6.20 Å². The zero-order valence-corrected chi connectivity index (χ0v) is 20.2. The number of esters is 1. The number of piperidine rings is 1. The number of nitrogens with one attached hydrogen (secondary N) is 1. The first kappa shape index (κ1) is 22.8. The van der Waals surface area contributed by atoms with Gasteiger partial charge in [0.1, 0.15) is 12.0 Å². The molecule has 172 valence electrons. The highest BCUT2D eigenvalue weighted by Crippen LogP contribution is 2.30. The summed E-state index contributed by atoms with van der Waals surface area (Å²) in [6.45, 7) is 4.79. The maximum Gasteiger partial charge on any atom is 0.309 e. The summed E-state index contributed by atoms with van der Waals surface area (Å²) in [7, 11) is 1.99. The van der Waals surface area contributed by atoms with Crippen molar-refractivity contribution < 1.29 is 14.3 Å². The van der Waals surface area contributed by atoms with Gasteiger partial charge in [0.15, 0.2) is 0 Å². The quantitative estimate of drug-likeness (QED) is 0.559. The van der Waals surface area contributed by atoms with E-state index >= 15 is 0 Å². The summed E-state index contributed by atoms with van der Waals surface area (Å²) < 4.78 is 11.8. The molecule has 0 spiro atoms. The topological polar surface area (TPSA) is 79.8 Å². The Labute approximate surface area is 197 Å². The molecule has 32 heavy (non-hydrogen) atoms. The standard InChI is InChI=1S/C23H30BrN5O3/c1-3-31-22(30)16-10-12-29(13-11-16)18-8-6-17(7-9-18)26-23-25-15-19(24)21(27-23)28(2)20-5-4-14-32-20/h6-9,15-16,20H,3-5,10-14H2,1-2H3,(H,25,26,27). The molecule has 4 rings (SSSR count). The average molecular weight is 504 g/mol. The van der Waals surface area contributed by atoms with Crippen molar-refractivity contribution in [2.24, 2.45) is 5.92 Å². The molecule has 9 heteroatoms. The summed E-state index contributed by atoms with van der Waals surface area (Å²) in [6.07, 6.45) is 5.52. The first-order valence-electron chi connectivity index (χ1n) is 11.2. The smallest absolute Gasteiger partial charge is 0.309 e. The highest BCUT2D eigenvalue weighted by atomic mass is 79.9. The molecule has 2 aromatic rings. The summed E-state index contributed by atoms with van der Waals surface area (Å²) in [4.78, 5) is 25.4. The van der Waals surface area contributed by atoms with Crippen molar-refractivity contribution in [3.8, 4) is 0 Å². The lowest BCUT2D eigenvalue weighted by Gasteiger charge is -2.32. The van der Waals surface area contributed by atoms with Crippen molar-refractivity contribution in [2.75, 3.05) is 48.5 Å². The number of benzene rings is 1. The number of anilines is 4. The van der Waals surface area contributed by atoms with Crippen molar-refractivity contribution >= 4 is 45.0 Å². The summed E-state index contributed by atoms with van der Waals surface area (Å²) in [5.74, 6) is 1.29. The maximum absolute atomic E-state index is 11.9. The third-order valence-corrected chi connectivity index (χ3v) is 6.56. The molecule has 1 N–H and O–H groups in total. The van der Waals surface area contributed by atoms with Crippen LogP contribution in [0.15, 0.2) is 34.9 Å². The van der Waals surface area contributed by atoms with Crippen LogP contribution in [0.25, 0.3) is 0 Å². The van der Waals surface area contributed by atoms with Gasteiger partial charge in [0.05, 0.1) is 17.0 Å². The molecule has 2 fully saturated rings. The molecule has 0 radical (unpaired) electrons. The number of halogens is 1. The van der Waals surface area contributed by atoms with Crippen LogP contribution in [0.1, 0.15) is 32.6 Å². The number of rotatable bonds is 7. The van der Waals surface area contributed by atoms with Crippen molar-refractivity contribution in [1.82, 2.24) is 9.97 Å². The normalized spacial score (nSPS) is 19.1. The number of nitrogens with zero attached hydrogens (tertiary/aromatic N) is 4. The molecule has 2 saturated heterocycles. The Balaban J connectivity index is 1.37. The maximum atomic E-state index is 11.9. The van der Waals surface area contributed by atoms with Gasteiger partial charge in [-0.05, 0) is 72.8 Å². The number of hydrogen-bond acceptors (Lipinski definition) is 8. The van der Waals surface area contributed by atoms with Gasteiger partial charge in [0.2, 0.25) is 5.95 Å². The summed E-state index contributed by atoms with van der Waals surface area (Å²) in [6, 6.07) is 8.24. The molecule has 8 nitrogen and oxygen atoms in total. The van der Waals surface area contributed by atoms with E-state index < -0.39 is 0 Å². The SMILES string of the molecule is CCOC(=O)C1CCN(c2ccc(Nc3ncc(Br)c(N(C)C4CCCO4)n3)cc2)CC1. The lowest BCUT2D eigenvalue weighted by molar-refractivity contribution is -0.148. The number of hydrogen-bond donors (Lipinski definition) is 1. The lowest BCUT2D eigenvalue weighted by atomic mass is 9.96. The van der Waals surface area contributed by atoms with Crippen LogP contribution in [0.5, 0.6) is 0 Å². The second kappa shape index (κ2) is 10.5. The second-order valence-corrected chi connectivity index (χ2v) is 8.98. The van der Waals surface area contributed by atoms with Crippen molar-refractivity contribution in [3.05, 3.63) is 34.9 Å². The third-order valence-electron chi connectivity index (χ3n) is 6.00. The van der Waals surface area contributed by atoms with Crippen molar-refractivity contribution in [1.29, 1.82) is 0 Å². The molecular weight excluding hydrogens is 474 g/mol. The van der Waals surface area contributed by atoms with Gasteiger partial charge >= 0.3 is 5.97 Å². The minimum Gasteiger partial charge on any atom is -0.466 e. The van der Waals surface area contributed by atoms with E-state index in [0.717, 1.165) is 67.0 Å². The molecule has 1 atom stereocenters. The van der Waals surface area contributed by atoms with E-state index in [1.807, 2.05) is 31.0 Å². The van der Waals surface area contributed by atoms with E-state index in [1.165, 1.54) is 0 Å². The van der Waals surface area contributed by atoms with Gasteiger partial charge in [-0.3, -0.25) is 4.79 Å². The van der Waals surface area contributed by atoms with Gasteiger partial charge < -0.3 is 24.6 Å². The van der Waals surface area contributed by atoms with E-state index in [0.29, 0.717) is 12.6 Å². The minimum absolute atomic E-state index is 0.0173. The molecule has 1 aromatic heterocycles. The van der Waals surface area contributed by atoms with Crippen LogP contribution in [0, 0.1) is 5.92 Å². The predicted octanol–water partition coefficient (Wildman–Crippen LogP) is 4.33. The van der Waals surface area contributed by atoms with Gasteiger partial charge in [0, 0.05) is 44.3 Å². The molecule has 2 aliphatic rings. The van der Waals surface area contributed by atoms with Gasteiger partial charge in [-0.25, -0.2) is 4.98 Å². The van der Waals surface area contributed by atoms with Crippen LogP contribution in [-0.4, -0.2) is 55.5 Å². The van der Waals surface area contributed by atoms with Crippen LogP contribution < -0.4 is 15.1 Å². The molecule has 1 aromatic carbocycles. The van der Waals surface area contributed by atoms with E-state index in [2.05, 4.69) is 48.2 Å². The largest absolute Gasteiger partial charge is 0.466 e. The predicted molar refractivity (Wildman–Crippen MR) is 128 cm³/mol. The van der Waals surface area contributed by atoms with Crippen molar-refractivity contribution in [2.45, 2.75) is 38.8 Å². The third kappa shape index (κ3) is 5.32. The Morgan fingerprint density at radius 2 is 2.03 bits per heavy atom. The zero-order chi connectivity index (χ0) is 22.5. The Morgan fingerprint density at radius 3 is 2.69 bits per heavy atom. The first-order valence-corrected chi connectivity index (χ1v) is 12.0. The fourth-order valence-electron chi connectivity index (χ4n) is 4.19. The molecule has 0 saturated carbocycles.